The van der Waals surface area contributed by atoms with Crippen LogP contribution in [0.2, 0.25) is 0 Å². The van der Waals surface area contributed by atoms with Gasteiger partial charge < -0.3 is 10.2 Å². The Labute approximate surface area is 202 Å². The predicted molar refractivity (Wildman–Crippen MR) is 133 cm³/mol. The first kappa shape index (κ1) is 24.4. The van der Waals surface area contributed by atoms with Gasteiger partial charge in [-0.1, -0.05) is 38.5 Å². The fourth-order valence-electron chi connectivity index (χ4n) is 4.98. The molecule has 2 unspecified atom stereocenters. The number of carbonyl (C=O) groups is 2. The fourth-order valence-corrected chi connectivity index (χ4v) is 6.74. The summed E-state index contributed by atoms with van der Waals surface area (Å²) in [5.74, 6) is -0.753. The molecule has 7 nitrogen and oxygen atoms in total. The standard InChI is InChI=1S/C26H33N3O4S/c1-3-19-9-5-6-11-24(19)28-18-20(17-25(28)30)26(31)27-21-12-14-23(15-13-21)34(32,33)29-16-8-7-10-22(29)4-2/h5-6,9,11-15,20,22H,3-4,7-8,10,16-18H2,1-2H3,(H,27,31). The summed E-state index contributed by atoms with van der Waals surface area (Å²) in [4.78, 5) is 27.5. The number of hydrogen-bond acceptors (Lipinski definition) is 4. The molecule has 1 N–H and O–H groups in total. The summed E-state index contributed by atoms with van der Waals surface area (Å²) in [6.07, 6.45) is 4.59. The first-order valence-electron chi connectivity index (χ1n) is 12.2. The molecular weight excluding hydrogens is 450 g/mol. The number of anilines is 2. The molecule has 2 amide bonds. The average Bonchev–Trinajstić information content (AvgIpc) is 3.25. The van der Waals surface area contributed by atoms with E-state index in [2.05, 4.69) is 5.32 Å². The number of hydrogen-bond donors (Lipinski definition) is 1. The van der Waals surface area contributed by atoms with Crippen LogP contribution in [-0.2, 0) is 26.0 Å². The smallest absolute Gasteiger partial charge is 0.243 e. The summed E-state index contributed by atoms with van der Waals surface area (Å²) >= 11 is 0. The van der Waals surface area contributed by atoms with Gasteiger partial charge in [0.25, 0.3) is 0 Å². The molecule has 0 saturated carbocycles. The Kier molecular flexibility index (Phi) is 7.38. The molecule has 0 radical (unpaired) electrons. The Balaban J connectivity index is 1.43. The summed E-state index contributed by atoms with van der Waals surface area (Å²) in [5, 5.41) is 2.86. The van der Waals surface area contributed by atoms with Gasteiger partial charge in [-0.3, -0.25) is 9.59 Å². The number of piperidine rings is 1. The average molecular weight is 484 g/mol. The van der Waals surface area contributed by atoms with Crippen LogP contribution in [0, 0.1) is 5.92 Å². The number of rotatable bonds is 7. The van der Waals surface area contributed by atoms with Crippen molar-refractivity contribution in [3.63, 3.8) is 0 Å². The van der Waals surface area contributed by atoms with E-state index in [4.69, 9.17) is 0 Å². The molecule has 2 atom stereocenters. The van der Waals surface area contributed by atoms with E-state index in [0.717, 1.165) is 43.4 Å². The highest BCUT2D eigenvalue weighted by molar-refractivity contribution is 7.89. The van der Waals surface area contributed by atoms with Gasteiger partial charge in [-0.25, -0.2) is 8.42 Å². The van der Waals surface area contributed by atoms with E-state index in [1.807, 2.05) is 38.1 Å². The number of para-hydroxylation sites is 1. The number of amides is 2. The van der Waals surface area contributed by atoms with Crippen molar-refractivity contribution in [2.24, 2.45) is 5.92 Å². The van der Waals surface area contributed by atoms with Gasteiger partial charge in [0.2, 0.25) is 21.8 Å². The summed E-state index contributed by atoms with van der Waals surface area (Å²) in [6, 6.07) is 14.2. The van der Waals surface area contributed by atoms with Crippen molar-refractivity contribution >= 4 is 33.2 Å². The topological polar surface area (TPSA) is 86.8 Å². The lowest BCUT2D eigenvalue weighted by Crippen LogP contribution is -2.43. The zero-order valence-electron chi connectivity index (χ0n) is 19.9. The van der Waals surface area contributed by atoms with E-state index in [1.165, 1.54) is 0 Å². The monoisotopic (exact) mass is 483 g/mol. The summed E-state index contributed by atoms with van der Waals surface area (Å²) in [7, 11) is -3.57. The van der Waals surface area contributed by atoms with E-state index in [1.54, 1.807) is 33.5 Å². The Morgan fingerprint density at radius 1 is 1.06 bits per heavy atom. The molecular formula is C26H33N3O4S. The van der Waals surface area contributed by atoms with Gasteiger partial charge in [-0.05, 0) is 61.6 Å². The maximum atomic E-state index is 13.2. The Hall–Kier alpha value is -2.71. The van der Waals surface area contributed by atoms with E-state index >= 15 is 0 Å². The zero-order chi connectivity index (χ0) is 24.3. The van der Waals surface area contributed by atoms with Crippen molar-refractivity contribution in [1.29, 1.82) is 0 Å². The predicted octanol–water partition coefficient (Wildman–Crippen LogP) is 4.19. The summed E-state index contributed by atoms with van der Waals surface area (Å²) in [5.41, 5.74) is 2.46. The molecule has 2 aliphatic heterocycles. The van der Waals surface area contributed by atoms with Gasteiger partial charge in [0.05, 0.1) is 10.8 Å². The van der Waals surface area contributed by atoms with E-state index in [0.29, 0.717) is 18.8 Å². The molecule has 182 valence electrons. The summed E-state index contributed by atoms with van der Waals surface area (Å²) < 4.78 is 27.9. The minimum Gasteiger partial charge on any atom is -0.326 e. The maximum absolute atomic E-state index is 13.2. The van der Waals surface area contributed by atoms with Gasteiger partial charge >= 0.3 is 0 Å². The van der Waals surface area contributed by atoms with Crippen LogP contribution in [0.5, 0.6) is 0 Å². The quantitative estimate of drug-likeness (QED) is 0.640. The number of benzene rings is 2. The number of aryl methyl sites for hydroxylation is 1. The molecule has 2 aromatic carbocycles. The molecule has 34 heavy (non-hydrogen) atoms. The Morgan fingerprint density at radius 2 is 1.79 bits per heavy atom. The van der Waals surface area contributed by atoms with Crippen LogP contribution < -0.4 is 10.2 Å². The van der Waals surface area contributed by atoms with Gasteiger partial charge in [-0.15, -0.1) is 0 Å². The van der Waals surface area contributed by atoms with Crippen LogP contribution in [-0.4, -0.2) is 43.7 Å². The molecule has 2 aliphatic rings. The zero-order valence-corrected chi connectivity index (χ0v) is 20.7. The van der Waals surface area contributed by atoms with Crippen molar-refractivity contribution in [1.82, 2.24) is 4.31 Å². The van der Waals surface area contributed by atoms with Crippen LogP contribution in [0.25, 0.3) is 0 Å². The molecule has 2 aromatic rings. The molecule has 8 heteroatoms. The molecule has 2 heterocycles. The largest absolute Gasteiger partial charge is 0.326 e. The van der Waals surface area contributed by atoms with Crippen LogP contribution in [0.15, 0.2) is 53.4 Å². The number of carbonyl (C=O) groups excluding carboxylic acids is 2. The highest BCUT2D eigenvalue weighted by Crippen LogP contribution is 2.30. The Bertz CT molecular complexity index is 1150. The first-order valence-corrected chi connectivity index (χ1v) is 13.6. The van der Waals surface area contributed by atoms with E-state index in [9.17, 15) is 18.0 Å². The van der Waals surface area contributed by atoms with Crippen LogP contribution >= 0.6 is 0 Å². The van der Waals surface area contributed by atoms with Gasteiger partial charge in [0.1, 0.15) is 0 Å². The second-order valence-corrected chi connectivity index (χ2v) is 11.0. The van der Waals surface area contributed by atoms with Crippen LogP contribution in [0.4, 0.5) is 11.4 Å². The highest BCUT2D eigenvalue weighted by Gasteiger charge is 2.36. The number of sulfonamides is 1. The first-order chi connectivity index (χ1) is 16.3. The van der Waals surface area contributed by atoms with E-state index < -0.39 is 15.9 Å². The van der Waals surface area contributed by atoms with Crippen molar-refractivity contribution in [3.05, 3.63) is 54.1 Å². The molecule has 0 aliphatic carbocycles. The van der Waals surface area contributed by atoms with Crippen molar-refractivity contribution in [2.75, 3.05) is 23.3 Å². The molecule has 0 bridgehead atoms. The third-order valence-corrected chi connectivity index (χ3v) is 8.90. The summed E-state index contributed by atoms with van der Waals surface area (Å²) in [6.45, 7) is 4.95. The SMILES string of the molecule is CCc1ccccc1N1CC(C(=O)Nc2ccc(S(=O)(=O)N3CCCCC3CC)cc2)CC1=O. The highest BCUT2D eigenvalue weighted by atomic mass is 32.2. The lowest BCUT2D eigenvalue weighted by atomic mass is 10.0. The van der Waals surface area contributed by atoms with Crippen molar-refractivity contribution in [3.8, 4) is 0 Å². The normalized spacial score (nSPS) is 21.6. The van der Waals surface area contributed by atoms with Crippen molar-refractivity contribution < 1.29 is 18.0 Å². The molecule has 2 fully saturated rings. The molecule has 0 spiro atoms. The molecule has 2 saturated heterocycles. The number of nitrogens with one attached hydrogen (secondary N) is 1. The van der Waals surface area contributed by atoms with Crippen LogP contribution in [0.3, 0.4) is 0 Å². The molecule has 0 aromatic heterocycles. The third kappa shape index (κ3) is 4.88. The van der Waals surface area contributed by atoms with Gasteiger partial charge in [0.15, 0.2) is 0 Å². The minimum atomic E-state index is -3.57. The van der Waals surface area contributed by atoms with Gasteiger partial charge in [-0.2, -0.15) is 4.31 Å². The second kappa shape index (κ2) is 10.3. The molecule has 4 rings (SSSR count). The van der Waals surface area contributed by atoms with E-state index in [-0.39, 0.29) is 29.2 Å². The van der Waals surface area contributed by atoms with Crippen LogP contribution in [0.1, 0.15) is 51.5 Å². The lowest BCUT2D eigenvalue weighted by molar-refractivity contribution is -0.122. The maximum Gasteiger partial charge on any atom is 0.243 e. The van der Waals surface area contributed by atoms with Gasteiger partial charge in [0, 0.05) is 36.9 Å². The third-order valence-electron chi connectivity index (χ3n) is 6.93. The number of nitrogens with zero attached hydrogens (tertiary/aromatic N) is 2. The van der Waals surface area contributed by atoms with Crippen molar-refractivity contribution in [2.45, 2.75) is 63.3 Å². The fraction of sp³-hybridized carbons (Fsp3) is 0.462. The Morgan fingerprint density at radius 3 is 2.50 bits per heavy atom. The lowest BCUT2D eigenvalue weighted by Gasteiger charge is -2.34. The second-order valence-electron chi connectivity index (χ2n) is 9.07. The minimum absolute atomic E-state index is 0.0406.